The van der Waals surface area contributed by atoms with E-state index in [-0.39, 0.29) is 12.5 Å². The van der Waals surface area contributed by atoms with Gasteiger partial charge in [0.25, 0.3) is 5.91 Å². The Morgan fingerprint density at radius 1 is 1.20 bits per heavy atom. The van der Waals surface area contributed by atoms with Crippen LogP contribution in [0.4, 0.5) is 5.69 Å². The maximum Gasteiger partial charge on any atom is 0.323 e. The number of benzene rings is 1. The molecule has 1 aromatic heterocycles. The van der Waals surface area contributed by atoms with Gasteiger partial charge in [0.2, 0.25) is 0 Å². The van der Waals surface area contributed by atoms with Crippen LogP contribution in [0, 0.1) is 13.8 Å². The van der Waals surface area contributed by atoms with Gasteiger partial charge in [0.15, 0.2) is 0 Å². The van der Waals surface area contributed by atoms with Crippen molar-refractivity contribution in [1.29, 1.82) is 0 Å². The van der Waals surface area contributed by atoms with Crippen LogP contribution in [0.5, 0.6) is 0 Å². The maximum absolute atomic E-state index is 12.6. The number of hydrogen-bond donors (Lipinski definition) is 1. The summed E-state index contributed by atoms with van der Waals surface area (Å²) in [4.78, 5) is 26.8. The summed E-state index contributed by atoms with van der Waals surface area (Å²) >= 11 is 1.53. The van der Waals surface area contributed by atoms with Crippen molar-refractivity contribution in [2.24, 2.45) is 0 Å². The number of carbonyl (C=O) groups excluding carboxylic acids is 1. The maximum atomic E-state index is 12.6. The molecule has 0 radical (unpaired) electrons. The first-order valence-corrected chi connectivity index (χ1v) is 6.96. The van der Waals surface area contributed by atoms with Gasteiger partial charge >= 0.3 is 5.97 Å². The van der Waals surface area contributed by atoms with Crippen LogP contribution in [0.2, 0.25) is 0 Å². The second-order valence-corrected chi connectivity index (χ2v) is 5.91. The van der Waals surface area contributed by atoms with E-state index in [4.69, 9.17) is 5.11 Å². The summed E-state index contributed by atoms with van der Waals surface area (Å²) in [6.45, 7) is 3.45. The molecule has 0 saturated carbocycles. The molecule has 1 N–H and O–H groups in total. The summed E-state index contributed by atoms with van der Waals surface area (Å²) in [5.41, 5.74) is 1.15. The number of para-hydroxylation sites is 1. The first-order chi connectivity index (χ1) is 9.49. The van der Waals surface area contributed by atoms with Gasteiger partial charge in [-0.15, -0.1) is 11.3 Å². The van der Waals surface area contributed by atoms with Gasteiger partial charge in [-0.3, -0.25) is 14.5 Å². The van der Waals surface area contributed by atoms with Crippen molar-refractivity contribution in [3.05, 3.63) is 51.7 Å². The number of nitrogens with zero attached hydrogens (tertiary/aromatic N) is 1. The molecule has 0 unspecified atom stereocenters. The topological polar surface area (TPSA) is 57.6 Å². The van der Waals surface area contributed by atoms with Crippen LogP contribution < -0.4 is 4.90 Å². The number of carbonyl (C=O) groups is 2. The summed E-state index contributed by atoms with van der Waals surface area (Å²) in [6, 6.07) is 10.7. The fourth-order valence-electron chi connectivity index (χ4n) is 2.01. The van der Waals surface area contributed by atoms with Gasteiger partial charge in [-0.25, -0.2) is 0 Å². The van der Waals surface area contributed by atoms with Crippen molar-refractivity contribution < 1.29 is 14.7 Å². The molecule has 2 rings (SSSR count). The van der Waals surface area contributed by atoms with E-state index in [2.05, 4.69) is 0 Å². The number of thiophene rings is 1. The predicted molar refractivity (Wildman–Crippen MR) is 79.5 cm³/mol. The third-order valence-electron chi connectivity index (χ3n) is 2.88. The Hall–Kier alpha value is -2.14. The molecule has 1 amide bonds. The van der Waals surface area contributed by atoms with Crippen LogP contribution >= 0.6 is 11.3 Å². The zero-order chi connectivity index (χ0) is 14.7. The molecule has 0 spiro atoms. The monoisotopic (exact) mass is 289 g/mol. The summed E-state index contributed by atoms with van der Waals surface area (Å²) in [5.74, 6) is -1.31. The van der Waals surface area contributed by atoms with Crippen LogP contribution in [-0.2, 0) is 4.79 Å². The van der Waals surface area contributed by atoms with E-state index in [0.717, 1.165) is 9.75 Å². The molecule has 104 valence electrons. The van der Waals surface area contributed by atoms with Gasteiger partial charge in [-0.2, -0.15) is 0 Å². The Labute approximate surface area is 121 Å². The molecule has 0 fully saturated rings. The quantitative estimate of drug-likeness (QED) is 0.941. The standard InChI is InChI=1S/C15H15NO3S/c1-10-8-13(11(2)20-10)15(19)16(9-14(17)18)12-6-4-3-5-7-12/h3-8H,9H2,1-2H3,(H,17,18). The van der Waals surface area contributed by atoms with Crippen LogP contribution in [0.15, 0.2) is 36.4 Å². The van der Waals surface area contributed by atoms with E-state index in [0.29, 0.717) is 11.3 Å². The molecule has 0 bridgehead atoms. The van der Waals surface area contributed by atoms with Gasteiger partial charge < -0.3 is 5.11 Å². The summed E-state index contributed by atoms with van der Waals surface area (Å²) in [7, 11) is 0. The Morgan fingerprint density at radius 2 is 1.85 bits per heavy atom. The number of amides is 1. The van der Waals surface area contributed by atoms with E-state index >= 15 is 0 Å². The molecule has 4 nitrogen and oxygen atoms in total. The second kappa shape index (κ2) is 5.88. The first-order valence-electron chi connectivity index (χ1n) is 6.15. The summed E-state index contributed by atoms with van der Waals surface area (Å²) in [6.07, 6.45) is 0. The molecule has 1 aromatic carbocycles. The zero-order valence-electron chi connectivity index (χ0n) is 11.3. The van der Waals surface area contributed by atoms with Crippen LogP contribution in [0.3, 0.4) is 0 Å². The Morgan fingerprint density at radius 3 is 2.35 bits per heavy atom. The highest BCUT2D eigenvalue weighted by Crippen LogP contribution is 2.24. The Bertz CT molecular complexity index is 634. The Balaban J connectivity index is 2.39. The van der Waals surface area contributed by atoms with Crippen molar-refractivity contribution in [3.8, 4) is 0 Å². The fourth-order valence-corrected chi connectivity index (χ4v) is 2.93. The van der Waals surface area contributed by atoms with Crippen LogP contribution in [0.25, 0.3) is 0 Å². The number of hydrogen-bond acceptors (Lipinski definition) is 3. The largest absolute Gasteiger partial charge is 0.480 e. The minimum absolute atomic E-state index is 0.277. The smallest absolute Gasteiger partial charge is 0.323 e. The fraction of sp³-hybridized carbons (Fsp3) is 0.200. The highest BCUT2D eigenvalue weighted by molar-refractivity contribution is 7.12. The molecular formula is C15H15NO3S. The van der Waals surface area contributed by atoms with E-state index in [1.54, 1.807) is 30.3 Å². The van der Waals surface area contributed by atoms with Gasteiger partial charge in [0.1, 0.15) is 6.54 Å². The van der Waals surface area contributed by atoms with Crippen LogP contribution in [-0.4, -0.2) is 23.5 Å². The second-order valence-electron chi connectivity index (χ2n) is 4.45. The van der Waals surface area contributed by atoms with Crippen molar-refractivity contribution in [1.82, 2.24) is 0 Å². The lowest BCUT2D eigenvalue weighted by atomic mass is 10.2. The van der Waals surface area contributed by atoms with Gasteiger partial charge in [-0.1, -0.05) is 18.2 Å². The molecule has 0 aliphatic heterocycles. The van der Waals surface area contributed by atoms with E-state index in [9.17, 15) is 9.59 Å². The van der Waals surface area contributed by atoms with Crippen molar-refractivity contribution in [2.75, 3.05) is 11.4 Å². The first kappa shape index (κ1) is 14.3. The molecule has 0 aliphatic rings. The molecule has 1 heterocycles. The average Bonchev–Trinajstić information content (AvgIpc) is 2.75. The third-order valence-corrected chi connectivity index (χ3v) is 3.84. The number of aliphatic carboxylic acids is 1. The number of aryl methyl sites for hydroxylation is 2. The molecule has 0 atom stereocenters. The molecule has 2 aromatic rings. The van der Waals surface area contributed by atoms with Gasteiger partial charge in [0, 0.05) is 15.4 Å². The lowest BCUT2D eigenvalue weighted by Crippen LogP contribution is -2.35. The predicted octanol–water partition coefficient (Wildman–Crippen LogP) is 3.10. The average molecular weight is 289 g/mol. The molecule has 5 heteroatoms. The van der Waals surface area contributed by atoms with Crippen molar-refractivity contribution in [3.63, 3.8) is 0 Å². The summed E-state index contributed by atoms with van der Waals surface area (Å²) < 4.78 is 0. The van der Waals surface area contributed by atoms with E-state index in [1.165, 1.54) is 16.2 Å². The molecule has 20 heavy (non-hydrogen) atoms. The lowest BCUT2D eigenvalue weighted by Gasteiger charge is -2.20. The minimum Gasteiger partial charge on any atom is -0.480 e. The van der Waals surface area contributed by atoms with Gasteiger partial charge in [0.05, 0.1) is 5.56 Å². The Kier molecular flexibility index (Phi) is 4.20. The minimum atomic E-state index is -1.04. The molecule has 0 saturated heterocycles. The van der Waals surface area contributed by atoms with Crippen molar-refractivity contribution >= 4 is 28.9 Å². The normalized spacial score (nSPS) is 10.3. The molecular weight excluding hydrogens is 274 g/mol. The number of rotatable bonds is 4. The molecule has 0 aliphatic carbocycles. The lowest BCUT2D eigenvalue weighted by molar-refractivity contribution is -0.135. The highest BCUT2D eigenvalue weighted by Gasteiger charge is 2.22. The number of carboxylic acids is 1. The van der Waals surface area contributed by atoms with E-state index < -0.39 is 5.97 Å². The third kappa shape index (κ3) is 3.05. The number of anilines is 1. The summed E-state index contributed by atoms with van der Waals surface area (Å²) in [5, 5.41) is 9.02. The SMILES string of the molecule is Cc1cc(C(=O)N(CC(=O)O)c2ccccc2)c(C)s1. The van der Waals surface area contributed by atoms with Gasteiger partial charge in [-0.05, 0) is 32.0 Å². The highest BCUT2D eigenvalue weighted by atomic mass is 32.1. The van der Waals surface area contributed by atoms with E-state index in [1.807, 2.05) is 19.9 Å². The zero-order valence-corrected chi connectivity index (χ0v) is 12.1. The van der Waals surface area contributed by atoms with Crippen molar-refractivity contribution in [2.45, 2.75) is 13.8 Å². The van der Waals surface area contributed by atoms with Crippen LogP contribution in [0.1, 0.15) is 20.1 Å². The number of carboxylic acid groups (broad SMARTS) is 1.